The third-order valence-electron chi connectivity index (χ3n) is 5.77. The number of likely N-dealkylation sites (tertiary alicyclic amines) is 1. The molecule has 3 unspecified atom stereocenters. The van der Waals surface area contributed by atoms with Crippen LogP contribution in [0.5, 0.6) is 0 Å². The molecule has 0 spiro atoms. The fourth-order valence-corrected chi connectivity index (χ4v) is 4.09. The van der Waals surface area contributed by atoms with Crippen LogP contribution in [0.25, 0.3) is 0 Å². The molecule has 2 rings (SSSR count). The van der Waals surface area contributed by atoms with Crippen LogP contribution in [0.15, 0.2) is 49.0 Å². The third-order valence-corrected chi connectivity index (χ3v) is 5.77. The Labute approximate surface area is 194 Å². The van der Waals surface area contributed by atoms with Gasteiger partial charge in [-0.1, -0.05) is 32.9 Å². The van der Waals surface area contributed by atoms with Crippen molar-refractivity contribution in [1.29, 1.82) is 0 Å². The fraction of sp³-hybridized carbons (Fsp3) is 0.636. The highest BCUT2D eigenvalue weighted by molar-refractivity contribution is 14.0. The summed E-state index contributed by atoms with van der Waals surface area (Å²) in [5.74, 6) is 2.13. The molecule has 2 heterocycles. The number of nitrogens with zero attached hydrogens (tertiary/aromatic N) is 5. The first kappa shape index (κ1) is 25.7. The second kappa shape index (κ2) is 13.1. The van der Waals surface area contributed by atoms with Gasteiger partial charge in [-0.15, -0.1) is 37.1 Å². The second-order valence-electron chi connectivity index (χ2n) is 8.06. The summed E-state index contributed by atoms with van der Waals surface area (Å²) in [6, 6.07) is 0.814. The summed E-state index contributed by atoms with van der Waals surface area (Å²) in [4.78, 5) is 13.6. The summed E-state index contributed by atoms with van der Waals surface area (Å²) >= 11 is 0. The first-order chi connectivity index (χ1) is 13.5. The number of aliphatic imine (C=N–C) groups is 1. The van der Waals surface area contributed by atoms with Crippen molar-refractivity contribution in [2.24, 2.45) is 16.8 Å². The highest BCUT2D eigenvalue weighted by Gasteiger charge is 2.29. The number of hydrogen-bond acceptors (Lipinski definition) is 3. The Balaban J connectivity index is 0.00000420. The lowest BCUT2D eigenvalue weighted by Gasteiger charge is -2.40. The summed E-state index contributed by atoms with van der Waals surface area (Å²) < 4.78 is 2.23. The summed E-state index contributed by atoms with van der Waals surface area (Å²) in [6.07, 6.45) is 10.9. The average Bonchev–Trinajstić information content (AvgIpc) is 3.20. The number of halogens is 1. The van der Waals surface area contributed by atoms with Crippen LogP contribution in [0.1, 0.15) is 33.2 Å². The Morgan fingerprint density at radius 1 is 1.34 bits per heavy atom. The molecule has 164 valence electrons. The van der Waals surface area contributed by atoms with E-state index in [0.717, 1.165) is 45.1 Å². The minimum absolute atomic E-state index is 0. The van der Waals surface area contributed by atoms with Gasteiger partial charge < -0.3 is 14.8 Å². The predicted molar refractivity (Wildman–Crippen MR) is 134 cm³/mol. The van der Waals surface area contributed by atoms with Crippen molar-refractivity contribution in [2.75, 3.05) is 39.8 Å². The van der Waals surface area contributed by atoms with Crippen LogP contribution in [-0.4, -0.2) is 71.1 Å². The zero-order chi connectivity index (χ0) is 20.5. The molecule has 3 atom stereocenters. The van der Waals surface area contributed by atoms with Crippen LogP contribution >= 0.6 is 24.0 Å². The summed E-state index contributed by atoms with van der Waals surface area (Å²) in [7, 11) is 1.88. The average molecular weight is 515 g/mol. The minimum atomic E-state index is 0. The smallest absolute Gasteiger partial charge is 0.193 e. The van der Waals surface area contributed by atoms with E-state index in [0.29, 0.717) is 23.9 Å². The van der Waals surface area contributed by atoms with Crippen molar-refractivity contribution in [3.05, 3.63) is 44.0 Å². The molecule has 6 nitrogen and oxygen atoms in total. The first-order valence-electron chi connectivity index (χ1n) is 10.4. The molecule has 0 aliphatic carbocycles. The highest BCUT2D eigenvalue weighted by Crippen LogP contribution is 2.27. The highest BCUT2D eigenvalue weighted by atomic mass is 127. The maximum absolute atomic E-state index is 4.58. The molecule has 1 aliphatic heterocycles. The Kier molecular flexibility index (Phi) is 11.6. The molecule has 29 heavy (non-hydrogen) atoms. The standard InChI is InChI=1S/C22H38N6.HI/c1-7-11-26(12-8-2)20(18(3)4)15-25-22(23-6)27-13-9-19(5)21(16-27)28-14-10-24-17-28;/h7-8,10,14,17-21H,1-2,9,11-13,15-16H2,3-6H3,(H,23,25);1H. The molecule has 1 N–H and O–H groups in total. The van der Waals surface area contributed by atoms with Gasteiger partial charge in [-0.3, -0.25) is 9.89 Å². The zero-order valence-electron chi connectivity index (χ0n) is 18.5. The van der Waals surface area contributed by atoms with E-state index in [-0.39, 0.29) is 24.0 Å². The van der Waals surface area contributed by atoms with Crippen molar-refractivity contribution in [1.82, 2.24) is 24.7 Å². The van der Waals surface area contributed by atoms with Crippen molar-refractivity contribution in [3.8, 4) is 0 Å². The van der Waals surface area contributed by atoms with Gasteiger partial charge in [0.05, 0.1) is 12.4 Å². The van der Waals surface area contributed by atoms with Crippen molar-refractivity contribution in [3.63, 3.8) is 0 Å². The molecular weight excluding hydrogens is 475 g/mol. The van der Waals surface area contributed by atoms with Crippen molar-refractivity contribution < 1.29 is 0 Å². The van der Waals surface area contributed by atoms with Gasteiger partial charge in [0.2, 0.25) is 0 Å². The molecule has 1 aromatic heterocycles. The lowest BCUT2D eigenvalue weighted by molar-refractivity contribution is 0.176. The van der Waals surface area contributed by atoms with E-state index >= 15 is 0 Å². The van der Waals surface area contributed by atoms with Gasteiger partial charge in [-0.25, -0.2) is 4.98 Å². The summed E-state index contributed by atoms with van der Waals surface area (Å²) in [5, 5.41) is 3.64. The van der Waals surface area contributed by atoms with Gasteiger partial charge in [-0.05, 0) is 18.3 Å². The fourth-order valence-electron chi connectivity index (χ4n) is 4.09. The Bertz CT molecular complexity index is 617. The number of guanidine groups is 1. The van der Waals surface area contributed by atoms with E-state index in [1.54, 1.807) is 0 Å². The number of hydrogen-bond donors (Lipinski definition) is 1. The largest absolute Gasteiger partial charge is 0.355 e. The number of rotatable bonds is 9. The van der Waals surface area contributed by atoms with Crippen LogP contribution in [0.4, 0.5) is 0 Å². The minimum Gasteiger partial charge on any atom is -0.355 e. The van der Waals surface area contributed by atoms with E-state index in [9.17, 15) is 0 Å². The van der Waals surface area contributed by atoms with Crippen LogP contribution in [-0.2, 0) is 0 Å². The number of piperidine rings is 1. The Morgan fingerprint density at radius 2 is 2.03 bits per heavy atom. The SMILES string of the molecule is C=CCN(CC=C)C(CNC(=NC)N1CCC(C)C(n2ccnc2)C1)C(C)C.I. The number of imidazole rings is 1. The van der Waals surface area contributed by atoms with Crippen molar-refractivity contribution >= 4 is 29.9 Å². The topological polar surface area (TPSA) is 48.7 Å². The molecule has 1 aromatic rings. The zero-order valence-corrected chi connectivity index (χ0v) is 20.8. The quantitative estimate of drug-likeness (QED) is 0.237. The maximum Gasteiger partial charge on any atom is 0.193 e. The summed E-state index contributed by atoms with van der Waals surface area (Å²) in [5.41, 5.74) is 0. The molecule has 0 bridgehead atoms. The normalized spacial score (nSPS) is 21.0. The molecule has 7 heteroatoms. The van der Waals surface area contributed by atoms with Crippen molar-refractivity contribution in [2.45, 2.75) is 39.3 Å². The van der Waals surface area contributed by atoms with E-state index in [1.807, 2.05) is 31.7 Å². The number of aromatic nitrogens is 2. The molecule has 1 aliphatic rings. The maximum atomic E-state index is 4.58. The lowest BCUT2D eigenvalue weighted by Crippen LogP contribution is -2.53. The van der Waals surface area contributed by atoms with Crippen LogP contribution < -0.4 is 5.32 Å². The molecule has 0 radical (unpaired) electrons. The van der Waals surface area contributed by atoms with E-state index in [1.165, 1.54) is 0 Å². The molecule has 0 saturated carbocycles. The molecular formula is C22H39IN6. The van der Waals surface area contributed by atoms with Gasteiger partial charge in [0.25, 0.3) is 0 Å². The van der Waals surface area contributed by atoms with Gasteiger partial charge in [0.15, 0.2) is 5.96 Å². The Morgan fingerprint density at radius 3 is 2.55 bits per heavy atom. The first-order valence-corrected chi connectivity index (χ1v) is 10.4. The van der Waals surface area contributed by atoms with E-state index in [2.05, 4.69) is 69.8 Å². The molecule has 1 saturated heterocycles. The Hall–Kier alpha value is -1.35. The van der Waals surface area contributed by atoms with Gasteiger partial charge in [0, 0.05) is 58.2 Å². The van der Waals surface area contributed by atoms with Gasteiger partial charge in [-0.2, -0.15) is 0 Å². The third kappa shape index (κ3) is 7.13. The van der Waals surface area contributed by atoms with E-state index in [4.69, 9.17) is 0 Å². The van der Waals surface area contributed by atoms with Crippen LogP contribution in [0, 0.1) is 11.8 Å². The molecule has 0 amide bonds. The molecule has 1 fully saturated rings. The molecule has 0 aromatic carbocycles. The monoisotopic (exact) mass is 514 g/mol. The second-order valence-corrected chi connectivity index (χ2v) is 8.06. The van der Waals surface area contributed by atoms with Crippen LogP contribution in [0.3, 0.4) is 0 Å². The number of nitrogens with one attached hydrogen (secondary N) is 1. The van der Waals surface area contributed by atoms with Gasteiger partial charge in [0.1, 0.15) is 0 Å². The van der Waals surface area contributed by atoms with Gasteiger partial charge >= 0.3 is 0 Å². The predicted octanol–water partition coefficient (Wildman–Crippen LogP) is 3.66. The summed E-state index contributed by atoms with van der Waals surface area (Å²) in [6.45, 7) is 19.3. The van der Waals surface area contributed by atoms with Crippen LogP contribution in [0.2, 0.25) is 0 Å². The van der Waals surface area contributed by atoms with E-state index < -0.39 is 0 Å². The lowest BCUT2D eigenvalue weighted by atomic mass is 9.93.